The van der Waals surface area contributed by atoms with Crippen LogP contribution in [0.4, 0.5) is 5.69 Å². The van der Waals surface area contributed by atoms with Crippen LogP contribution in [0.1, 0.15) is 0 Å². The molecule has 0 radical (unpaired) electrons. The largest absolute Gasteiger partial charge is 0.497 e. The molecule has 0 bridgehead atoms. The van der Waals surface area contributed by atoms with E-state index in [9.17, 15) is 4.79 Å². The van der Waals surface area contributed by atoms with Gasteiger partial charge in [0.05, 0.1) is 17.8 Å². The van der Waals surface area contributed by atoms with Gasteiger partial charge in [-0.2, -0.15) is 0 Å². The van der Waals surface area contributed by atoms with Crippen molar-refractivity contribution >= 4 is 23.7 Å². The van der Waals surface area contributed by atoms with E-state index >= 15 is 0 Å². The maximum Gasteiger partial charge on any atom is 0.225 e. The zero-order valence-corrected chi connectivity index (χ0v) is 7.76. The molecule has 70 valence electrons. The molecule has 1 rings (SSSR count). The fourth-order valence-corrected chi connectivity index (χ4v) is 1.05. The first kappa shape index (κ1) is 9.67. The zero-order chi connectivity index (χ0) is 9.68. The highest BCUT2D eigenvalue weighted by Crippen LogP contribution is 2.25. The summed E-state index contributed by atoms with van der Waals surface area (Å²) in [6.07, 6.45) is 0.528. The van der Waals surface area contributed by atoms with Crippen LogP contribution < -0.4 is 15.6 Å². The molecule has 1 aromatic carbocycles. The molecule has 0 spiro atoms. The van der Waals surface area contributed by atoms with Gasteiger partial charge in [0.2, 0.25) is 6.41 Å². The number of halogens is 1. The van der Waals surface area contributed by atoms with Crippen molar-refractivity contribution in [1.82, 2.24) is 5.43 Å². The van der Waals surface area contributed by atoms with Crippen molar-refractivity contribution < 1.29 is 9.53 Å². The summed E-state index contributed by atoms with van der Waals surface area (Å²) in [6.45, 7) is 0. The van der Waals surface area contributed by atoms with Crippen molar-refractivity contribution in [2.75, 3.05) is 12.5 Å². The molecule has 1 aromatic rings. The van der Waals surface area contributed by atoms with Crippen molar-refractivity contribution in [1.29, 1.82) is 0 Å². The third-order valence-electron chi connectivity index (χ3n) is 1.44. The molecular formula is C8H9ClN2O2. The van der Waals surface area contributed by atoms with Crippen LogP contribution in [0.15, 0.2) is 18.2 Å². The predicted molar refractivity (Wildman–Crippen MR) is 50.8 cm³/mol. The van der Waals surface area contributed by atoms with Gasteiger partial charge in [-0.05, 0) is 12.1 Å². The minimum absolute atomic E-state index is 0.480. The van der Waals surface area contributed by atoms with E-state index in [4.69, 9.17) is 16.3 Å². The summed E-state index contributed by atoms with van der Waals surface area (Å²) < 4.78 is 4.95. The number of anilines is 1. The van der Waals surface area contributed by atoms with Crippen molar-refractivity contribution in [2.24, 2.45) is 0 Å². The Kier molecular flexibility index (Phi) is 3.40. The number of amides is 1. The molecule has 13 heavy (non-hydrogen) atoms. The fraction of sp³-hybridized carbons (Fsp3) is 0.125. The van der Waals surface area contributed by atoms with Crippen LogP contribution in [0.2, 0.25) is 5.02 Å². The maximum absolute atomic E-state index is 9.97. The van der Waals surface area contributed by atoms with Gasteiger partial charge in [0.1, 0.15) is 5.75 Å². The Morgan fingerprint density at radius 2 is 2.31 bits per heavy atom. The number of ether oxygens (including phenoxy) is 1. The molecule has 4 nitrogen and oxygen atoms in total. The second-order valence-corrected chi connectivity index (χ2v) is 2.64. The summed E-state index contributed by atoms with van der Waals surface area (Å²) in [7, 11) is 1.56. The highest BCUT2D eigenvalue weighted by atomic mass is 35.5. The summed E-state index contributed by atoms with van der Waals surface area (Å²) in [6, 6.07) is 5.09. The van der Waals surface area contributed by atoms with Crippen molar-refractivity contribution in [3.05, 3.63) is 23.2 Å². The van der Waals surface area contributed by atoms with Gasteiger partial charge in [0.15, 0.2) is 0 Å². The molecule has 1 amide bonds. The standard InChI is InChI=1S/C8H9ClN2O2/c1-13-6-2-3-8(7(9)4-6)11-10-5-12/h2-5,11H,1H3,(H,10,12). The number of hydrazine groups is 1. The Bertz CT molecular complexity index is 304. The first-order valence-electron chi connectivity index (χ1n) is 3.56. The lowest BCUT2D eigenvalue weighted by Gasteiger charge is -2.07. The second-order valence-electron chi connectivity index (χ2n) is 2.23. The molecular weight excluding hydrogens is 192 g/mol. The monoisotopic (exact) mass is 200 g/mol. The Hall–Kier alpha value is -1.42. The molecule has 0 aliphatic heterocycles. The van der Waals surface area contributed by atoms with Gasteiger partial charge in [-0.1, -0.05) is 11.6 Å². The van der Waals surface area contributed by atoms with Crippen LogP contribution in [0.5, 0.6) is 5.75 Å². The van der Waals surface area contributed by atoms with E-state index in [0.717, 1.165) is 0 Å². The zero-order valence-electron chi connectivity index (χ0n) is 7.00. The minimum Gasteiger partial charge on any atom is -0.497 e. The van der Waals surface area contributed by atoms with Crippen molar-refractivity contribution in [2.45, 2.75) is 0 Å². The summed E-state index contributed by atoms with van der Waals surface area (Å²) in [5, 5.41) is 0.480. The number of methoxy groups -OCH3 is 1. The molecule has 0 aromatic heterocycles. The van der Waals surface area contributed by atoms with Crippen molar-refractivity contribution in [3.63, 3.8) is 0 Å². The van der Waals surface area contributed by atoms with Gasteiger partial charge in [0.25, 0.3) is 0 Å². The Morgan fingerprint density at radius 3 is 2.85 bits per heavy atom. The van der Waals surface area contributed by atoms with Gasteiger partial charge < -0.3 is 4.74 Å². The third kappa shape index (κ3) is 2.52. The fourth-order valence-electron chi connectivity index (χ4n) is 0.831. The lowest BCUT2D eigenvalue weighted by molar-refractivity contribution is -0.109. The average molecular weight is 201 g/mol. The number of hydrogen-bond acceptors (Lipinski definition) is 3. The third-order valence-corrected chi connectivity index (χ3v) is 1.75. The first-order chi connectivity index (χ1) is 6.27. The number of carbonyl (C=O) groups excluding carboxylic acids is 1. The van der Waals surface area contributed by atoms with Crippen LogP contribution in [-0.2, 0) is 4.79 Å². The molecule has 0 atom stereocenters. The molecule has 0 aliphatic rings. The molecule has 0 aliphatic carbocycles. The van der Waals surface area contributed by atoms with Gasteiger partial charge in [-0.15, -0.1) is 0 Å². The van der Waals surface area contributed by atoms with Gasteiger partial charge >= 0.3 is 0 Å². The maximum atomic E-state index is 9.97. The molecule has 0 saturated heterocycles. The van der Waals surface area contributed by atoms with Gasteiger partial charge in [-0.3, -0.25) is 15.6 Å². The van der Waals surface area contributed by atoms with Crippen LogP contribution in [0, 0.1) is 0 Å². The van der Waals surface area contributed by atoms with Crippen molar-refractivity contribution in [3.8, 4) is 5.75 Å². The quantitative estimate of drug-likeness (QED) is 0.571. The second kappa shape index (κ2) is 4.57. The first-order valence-corrected chi connectivity index (χ1v) is 3.94. The minimum atomic E-state index is 0.480. The van der Waals surface area contributed by atoms with E-state index < -0.39 is 0 Å². The Morgan fingerprint density at radius 1 is 1.54 bits per heavy atom. The van der Waals surface area contributed by atoms with Gasteiger partial charge in [-0.25, -0.2) is 0 Å². The smallest absolute Gasteiger partial charge is 0.225 e. The Balaban J connectivity index is 2.78. The van der Waals surface area contributed by atoms with E-state index in [1.807, 2.05) is 0 Å². The van der Waals surface area contributed by atoms with Crippen LogP contribution in [0.3, 0.4) is 0 Å². The molecule has 2 N–H and O–H groups in total. The van der Waals surface area contributed by atoms with Crippen LogP contribution in [0.25, 0.3) is 0 Å². The summed E-state index contributed by atoms with van der Waals surface area (Å²) in [5.74, 6) is 0.668. The Labute approximate surface area is 80.8 Å². The topological polar surface area (TPSA) is 50.4 Å². The highest BCUT2D eigenvalue weighted by molar-refractivity contribution is 6.33. The number of rotatable bonds is 4. The summed E-state index contributed by atoms with van der Waals surface area (Å²) in [4.78, 5) is 9.97. The van der Waals surface area contributed by atoms with E-state index in [1.54, 1.807) is 25.3 Å². The number of nitrogens with one attached hydrogen (secondary N) is 2. The number of benzene rings is 1. The average Bonchev–Trinajstić information content (AvgIpc) is 2.16. The number of hydrogen-bond donors (Lipinski definition) is 2. The molecule has 0 saturated carbocycles. The van der Waals surface area contributed by atoms with Crippen LogP contribution in [-0.4, -0.2) is 13.5 Å². The molecule has 0 fully saturated rings. The van der Waals surface area contributed by atoms with E-state index in [-0.39, 0.29) is 0 Å². The van der Waals surface area contributed by atoms with E-state index in [1.165, 1.54) is 0 Å². The molecule has 5 heteroatoms. The van der Waals surface area contributed by atoms with E-state index in [0.29, 0.717) is 22.9 Å². The van der Waals surface area contributed by atoms with Crippen LogP contribution >= 0.6 is 11.6 Å². The lowest BCUT2D eigenvalue weighted by Crippen LogP contribution is -2.19. The summed E-state index contributed by atoms with van der Waals surface area (Å²) >= 11 is 5.85. The van der Waals surface area contributed by atoms with E-state index in [2.05, 4.69) is 10.9 Å². The van der Waals surface area contributed by atoms with Gasteiger partial charge in [0, 0.05) is 6.07 Å². The predicted octanol–water partition coefficient (Wildman–Crippen LogP) is 1.42. The highest BCUT2D eigenvalue weighted by Gasteiger charge is 2.00. The summed E-state index contributed by atoms with van der Waals surface area (Å²) in [5.41, 5.74) is 5.52. The number of carbonyl (C=O) groups is 1. The molecule has 0 heterocycles. The normalized spacial score (nSPS) is 9.08. The molecule has 0 unspecified atom stereocenters. The lowest BCUT2D eigenvalue weighted by atomic mass is 10.3. The SMILES string of the molecule is COc1ccc(NNC=O)c(Cl)c1.